The summed E-state index contributed by atoms with van der Waals surface area (Å²) in [6, 6.07) is 8.52. The summed E-state index contributed by atoms with van der Waals surface area (Å²) in [5.74, 6) is 1.05. The SMILES string of the molecule is Cc1nc2c(C(=O)N[C@@H]3CCC[C@H](C)[C@H]3C)cnn2c(C)c1Cc1cccc(Br)c1. The molecule has 5 nitrogen and oxygen atoms in total. The number of amides is 1. The molecule has 0 aliphatic heterocycles. The number of fused-ring (bicyclic) bond motifs is 1. The third-order valence-corrected chi connectivity index (χ3v) is 7.24. The Kier molecular flexibility index (Phi) is 5.96. The lowest BCUT2D eigenvalue weighted by Gasteiger charge is -2.34. The van der Waals surface area contributed by atoms with Gasteiger partial charge < -0.3 is 5.32 Å². The Hall–Kier alpha value is -2.21. The smallest absolute Gasteiger partial charge is 0.256 e. The molecule has 0 bridgehead atoms. The van der Waals surface area contributed by atoms with E-state index in [9.17, 15) is 4.79 Å². The van der Waals surface area contributed by atoms with Crippen molar-refractivity contribution in [1.82, 2.24) is 19.9 Å². The first-order valence-corrected chi connectivity index (χ1v) is 11.5. The number of hydrogen-bond acceptors (Lipinski definition) is 3. The number of hydrogen-bond donors (Lipinski definition) is 1. The topological polar surface area (TPSA) is 59.3 Å². The molecular formula is C24H29BrN4O. The van der Waals surface area contributed by atoms with Crippen molar-refractivity contribution in [1.29, 1.82) is 0 Å². The summed E-state index contributed by atoms with van der Waals surface area (Å²) in [5, 5.41) is 7.77. The van der Waals surface area contributed by atoms with Crippen LogP contribution in [0.3, 0.4) is 0 Å². The highest BCUT2D eigenvalue weighted by Crippen LogP contribution is 2.30. The summed E-state index contributed by atoms with van der Waals surface area (Å²) in [6.07, 6.45) is 5.88. The minimum absolute atomic E-state index is 0.0676. The average Bonchev–Trinajstić information content (AvgIpc) is 3.13. The zero-order valence-corrected chi connectivity index (χ0v) is 19.7. The number of halogens is 1. The van der Waals surface area contributed by atoms with Crippen LogP contribution in [-0.4, -0.2) is 26.5 Å². The van der Waals surface area contributed by atoms with Crippen LogP contribution in [0.15, 0.2) is 34.9 Å². The van der Waals surface area contributed by atoms with Gasteiger partial charge in [-0.05, 0) is 55.4 Å². The van der Waals surface area contributed by atoms with Crippen molar-refractivity contribution >= 4 is 27.5 Å². The Morgan fingerprint density at radius 1 is 1.27 bits per heavy atom. The monoisotopic (exact) mass is 468 g/mol. The van der Waals surface area contributed by atoms with E-state index in [0.717, 1.165) is 34.3 Å². The minimum Gasteiger partial charge on any atom is -0.349 e. The molecule has 1 saturated carbocycles. The van der Waals surface area contributed by atoms with Crippen molar-refractivity contribution in [3.05, 3.63) is 63.0 Å². The van der Waals surface area contributed by atoms with Crippen LogP contribution >= 0.6 is 15.9 Å². The Morgan fingerprint density at radius 3 is 2.83 bits per heavy atom. The van der Waals surface area contributed by atoms with Gasteiger partial charge in [-0.2, -0.15) is 5.10 Å². The molecule has 1 aliphatic carbocycles. The fourth-order valence-corrected chi connectivity index (χ4v) is 5.06. The van der Waals surface area contributed by atoms with Crippen LogP contribution in [0.25, 0.3) is 5.65 Å². The molecule has 0 unspecified atom stereocenters. The second kappa shape index (κ2) is 8.50. The van der Waals surface area contributed by atoms with Crippen molar-refractivity contribution in [3.63, 3.8) is 0 Å². The molecule has 3 atom stereocenters. The van der Waals surface area contributed by atoms with Gasteiger partial charge in [-0.3, -0.25) is 4.79 Å². The molecule has 1 aliphatic rings. The molecule has 2 aromatic heterocycles. The van der Waals surface area contributed by atoms with Gasteiger partial charge in [0.05, 0.1) is 6.20 Å². The fraction of sp³-hybridized carbons (Fsp3) is 0.458. The van der Waals surface area contributed by atoms with E-state index in [2.05, 4.69) is 59.2 Å². The van der Waals surface area contributed by atoms with E-state index in [1.807, 2.05) is 23.6 Å². The van der Waals surface area contributed by atoms with Gasteiger partial charge >= 0.3 is 0 Å². The number of benzene rings is 1. The van der Waals surface area contributed by atoms with Crippen LogP contribution in [0.1, 0.15) is 66.0 Å². The van der Waals surface area contributed by atoms with Crippen molar-refractivity contribution in [2.75, 3.05) is 0 Å². The van der Waals surface area contributed by atoms with Crippen molar-refractivity contribution in [2.24, 2.45) is 11.8 Å². The van der Waals surface area contributed by atoms with Crippen LogP contribution in [0.5, 0.6) is 0 Å². The molecule has 1 N–H and O–H groups in total. The summed E-state index contributed by atoms with van der Waals surface area (Å²) in [7, 11) is 0. The van der Waals surface area contributed by atoms with Crippen LogP contribution in [-0.2, 0) is 6.42 Å². The van der Waals surface area contributed by atoms with E-state index in [0.29, 0.717) is 23.0 Å². The molecule has 0 spiro atoms. The molecule has 4 rings (SSSR count). The predicted molar refractivity (Wildman–Crippen MR) is 123 cm³/mol. The molecule has 2 heterocycles. The summed E-state index contributed by atoms with van der Waals surface area (Å²) in [6.45, 7) is 8.58. The highest BCUT2D eigenvalue weighted by Gasteiger charge is 2.29. The molecular weight excluding hydrogens is 440 g/mol. The molecule has 3 aromatic rings. The first-order chi connectivity index (χ1) is 14.3. The Bertz CT molecular complexity index is 1090. The van der Waals surface area contributed by atoms with Gasteiger partial charge in [0.2, 0.25) is 0 Å². The summed E-state index contributed by atoms with van der Waals surface area (Å²) < 4.78 is 2.87. The van der Waals surface area contributed by atoms with Crippen molar-refractivity contribution in [2.45, 2.75) is 59.4 Å². The molecule has 1 amide bonds. The van der Waals surface area contributed by atoms with Gasteiger partial charge in [0.15, 0.2) is 5.65 Å². The van der Waals surface area contributed by atoms with Gasteiger partial charge in [-0.15, -0.1) is 0 Å². The van der Waals surface area contributed by atoms with E-state index in [-0.39, 0.29) is 11.9 Å². The lowest BCUT2D eigenvalue weighted by molar-refractivity contribution is 0.0892. The molecule has 0 saturated heterocycles. The number of rotatable bonds is 4. The second-order valence-corrected chi connectivity index (χ2v) is 9.62. The van der Waals surface area contributed by atoms with E-state index in [1.165, 1.54) is 18.4 Å². The predicted octanol–water partition coefficient (Wildman–Crippen LogP) is 5.25. The third kappa shape index (κ3) is 4.02. The summed E-state index contributed by atoms with van der Waals surface area (Å²) in [5.41, 5.74) is 5.51. The highest BCUT2D eigenvalue weighted by molar-refractivity contribution is 9.10. The first kappa shape index (κ1) is 21.0. The van der Waals surface area contributed by atoms with Gasteiger partial charge in [0, 0.05) is 28.3 Å². The van der Waals surface area contributed by atoms with Crippen molar-refractivity contribution in [3.8, 4) is 0 Å². The minimum atomic E-state index is -0.0676. The lowest BCUT2D eigenvalue weighted by Crippen LogP contribution is -2.43. The molecule has 30 heavy (non-hydrogen) atoms. The van der Waals surface area contributed by atoms with E-state index >= 15 is 0 Å². The Balaban J connectivity index is 1.63. The van der Waals surface area contributed by atoms with E-state index < -0.39 is 0 Å². The molecule has 1 fully saturated rings. The zero-order valence-electron chi connectivity index (χ0n) is 18.1. The maximum atomic E-state index is 13.1. The average molecular weight is 469 g/mol. The van der Waals surface area contributed by atoms with Gasteiger partial charge in [0.1, 0.15) is 5.56 Å². The quantitative estimate of drug-likeness (QED) is 0.568. The number of nitrogens with zero attached hydrogens (tertiary/aromatic N) is 3. The number of nitrogens with one attached hydrogen (secondary N) is 1. The summed E-state index contributed by atoms with van der Waals surface area (Å²) in [4.78, 5) is 17.9. The number of carbonyl (C=O) groups is 1. The number of aromatic nitrogens is 3. The third-order valence-electron chi connectivity index (χ3n) is 6.75. The highest BCUT2D eigenvalue weighted by atomic mass is 79.9. The normalized spacial score (nSPS) is 21.7. The van der Waals surface area contributed by atoms with E-state index in [1.54, 1.807) is 6.20 Å². The maximum Gasteiger partial charge on any atom is 0.256 e. The molecule has 158 valence electrons. The Morgan fingerprint density at radius 2 is 2.07 bits per heavy atom. The second-order valence-electron chi connectivity index (χ2n) is 8.71. The fourth-order valence-electron chi connectivity index (χ4n) is 4.61. The molecule has 6 heteroatoms. The standard InChI is InChI=1S/C24H29BrN4O/c1-14-7-5-10-22(15(14)2)28-24(30)21-13-26-29-17(4)20(16(3)27-23(21)29)12-18-8-6-9-19(25)11-18/h6,8-9,11,13-15,22H,5,7,10,12H2,1-4H3,(H,28,30)/t14-,15+,22+/m0/s1. The number of carbonyl (C=O) groups excluding carboxylic acids is 1. The molecule has 1 aromatic carbocycles. The van der Waals surface area contributed by atoms with Gasteiger partial charge in [-0.1, -0.05) is 54.8 Å². The lowest BCUT2D eigenvalue weighted by atomic mass is 9.78. The van der Waals surface area contributed by atoms with Crippen LogP contribution in [0, 0.1) is 25.7 Å². The summed E-state index contributed by atoms with van der Waals surface area (Å²) >= 11 is 3.54. The van der Waals surface area contributed by atoms with Gasteiger partial charge in [0.25, 0.3) is 5.91 Å². The van der Waals surface area contributed by atoms with Crippen LogP contribution < -0.4 is 5.32 Å². The van der Waals surface area contributed by atoms with Crippen molar-refractivity contribution < 1.29 is 4.79 Å². The Labute approximate surface area is 186 Å². The molecule has 0 radical (unpaired) electrons. The van der Waals surface area contributed by atoms with Gasteiger partial charge in [-0.25, -0.2) is 9.50 Å². The largest absolute Gasteiger partial charge is 0.349 e. The number of aryl methyl sites for hydroxylation is 2. The van der Waals surface area contributed by atoms with E-state index in [4.69, 9.17) is 4.98 Å². The van der Waals surface area contributed by atoms with Crippen LogP contribution in [0.4, 0.5) is 0 Å². The zero-order chi connectivity index (χ0) is 21.4. The maximum absolute atomic E-state index is 13.1. The first-order valence-electron chi connectivity index (χ1n) is 10.7. The van der Waals surface area contributed by atoms with Crippen LogP contribution in [0.2, 0.25) is 0 Å².